The summed E-state index contributed by atoms with van der Waals surface area (Å²) in [5.41, 5.74) is 1.54. The van der Waals surface area contributed by atoms with E-state index in [1.54, 1.807) is 18.9 Å². The number of rotatable bonds is 9. The summed E-state index contributed by atoms with van der Waals surface area (Å²) >= 11 is 0. The minimum Gasteiger partial charge on any atom is -0.504 e. The lowest BCUT2D eigenvalue weighted by Crippen LogP contribution is -2.44. The molecule has 146 valence electrons. The molecule has 6 heteroatoms. The van der Waals surface area contributed by atoms with Gasteiger partial charge in [-0.05, 0) is 56.6 Å². The van der Waals surface area contributed by atoms with Crippen LogP contribution in [0.2, 0.25) is 0 Å². The maximum atomic E-state index is 12.4. The fraction of sp³-hybridized carbons (Fsp3) is 0.381. The van der Waals surface area contributed by atoms with Crippen LogP contribution < -0.4 is 0 Å². The predicted octanol–water partition coefficient (Wildman–Crippen LogP) is 2.63. The number of aliphatic hydroxyl groups excluding tert-OH is 1. The average molecular weight is 373 g/mol. The Morgan fingerprint density at radius 3 is 2.44 bits per heavy atom. The number of likely N-dealkylation sites (N-methyl/N-ethyl adjacent to an activating group) is 1. The highest BCUT2D eigenvalue weighted by Crippen LogP contribution is 2.30. The van der Waals surface area contributed by atoms with Crippen LogP contribution in [0.1, 0.15) is 30.6 Å². The number of nitrogens with zero attached hydrogens (tertiary/aromatic N) is 1. The van der Waals surface area contributed by atoms with Crippen LogP contribution in [-0.4, -0.2) is 52.4 Å². The molecule has 6 nitrogen and oxygen atoms in total. The van der Waals surface area contributed by atoms with E-state index in [1.165, 1.54) is 23.8 Å². The summed E-state index contributed by atoms with van der Waals surface area (Å²) in [7, 11) is 1.76. The maximum Gasteiger partial charge on any atom is 0.326 e. The smallest absolute Gasteiger partial charge is 0.326 e. The van der Waals surface area contributed by atoms with Crippen molar-refractivity contribution in [2.45, 2.75) is 31.9 Å². The van der Waals surface area contributed by atoms with Crippen LogP contribution in [0.5, 0.6) is 11.5 Å². The van der Waals surface area contributed by atoms with Crippen molar-refractivity contribution in [3.05, 3.63) is 59.7 Å². The number of hydrogen-bond donors (Lipinski definition) is 3. The van der Waals surface area contributed by atoms with Gasteiger partial charge in [-0.15, -0.1) is 0 Å². The Balaban J connectivity index is 2.09. The molecular weight excluding hydrogens is 346 g/mol. The second kappa shape index (κ2) is 9.94. The molecule has 0 heterocycles. The summed E-state index contributed by atoms with van der Waals surface area (Å²) in [6.45, 7) is 2.50. The number of carbonyl (C=O) groups is 1. The van der Waals surface area contributed by atoms with E-state index in [-0.39, 0.29) is 18.1 Å². The lowest BCUT2D eigenvalue weighted by molar-refractivity contribution is -0.153. The van der Waals surface area contributed by atoms with Gasteiger partial charge in [0.15, 0.2) is 11.5 Å². The highest BCUT2D eigenvalue weighted by atomic mass is 16.5. The van der Waals surface area contributed by atoms with Crippen LogP contribution >= 0.6 is 0 Å². The lowest BCUT2D eigenvalue weighted by Gasteiger charge is -2.30. The third-order valence-electron chi connectivity index (χ3n) is 4.46. The van der Waals surface area contributed by atoms with Crippen LogP contribution in [0.15, 0.2) is 48.5 Å². The second-order valence-electron chi connectivity index (χ2n) is 6.46. The molecule has 0 saturated heterocycles. The highest BCUT2D eigenvalue weighted by Gasteiger charge is 2.33. The Morgan fingerprint density at radius 1 is 1.11 bits per heavy atom. The topological polar surface area (TPSA) is 90.2 Å². The standard InChI is InChI=1S/C21H27NO5/c1-3-27-21(26)19(20(25)16-11-12-17(23)18(24)14-16)22(2)13-7-10-15-8-5-4-6-9-15/h4-6,8-9,11-12,14,19-20,23-25H,3,7,10,13H2,1-2H3/t19-,20?/m0/s1. The molecule has 0 fully saturated rings. The highest BCUT2D eigenvalue weighted by molar-refractivity contribution is 5.77. The van der Waals surface area contributed by atoms with Crippen molar-refractivity contribution < 1.29 is 24.9 Å². The minimum absolute atomic E-state index is 0.209. The van der Waals surface area contributed by atoms with E-state index in [0.717, 1.165) is 12.8 Å². The molecule has 2 rings (SSSR count). The van der Waals surface area contributed by atoms with E-state index in [0.29, 0.717) is 12.1 Å². The van der Waals surface area contributed by atoms with E-state index in [2.05, 4.69) is 12.1 Å². The molecule has 27 heavy (non-hydrogen) atoms. The maximum absolute atomic E-state index is 12.4. The Kier molecular flexibility index (Phi) is 7.64. The number of carbonyl (C=O) groups excluding carboxylic acids is 1. The number of aromatic hydroxyl groups is 2. The fourth-order valence-corrected chi connectivity index (χ4v) is 3.00. The number of aliphatic hydroxyl groups is 1. The van der Waals surface area contributed by atoms with Crippen LogP contribution in [0.25, 0.3) is 0 Å². The molecule has 0 aromatic heterocycles. The van der Waals surface area contributed by atoms with Crippen LogP contribution in [0.3, 0.4) is 0 Å². The number of benzene rings is 2. The Bertz CT molecular complexity index is 735. The van der Waals surface area contributed by atoms with Gasteiger partial charge in [0.1, 0.15) is 12.1 Å². The minimum atomic E-state index is -1.20. The summed E-state index contributed by atoms with van der Waals surface area (Å²) in [5.74, 6) is -1.16. The first kappa shape index (κ1) is 20.7. The molecule has 0 bridgehead atoms. The van der Waals surface area contributed by atoms with Gasteiger partial charge >= 0.3 is 5.97 Å². The molecule has 0 saturated carbocycles. The van der Waals surface area contributed by atoms with Crippen molar-refractivity contribution in [3.63, 3.8) is 0 Å². The molecule has 0 amide bonds. The average Bonchev–Trinajstić information content (AvgIpc) is 2.65. The number of hydrogen-bond acceptors (Lipinski definition) is 6. The molecule has 1 unspecified atom stereocenters. The quantitative estimate of drug-likeness (QED) is 0.462. The number of aryl methyl sites for hydroxylation is 1. The van der Waals surface area contributed by atoms with Gasteiger partial charge < -0.3 is 20.1 Å². The van der Waals surface area contributed by atoms with Crippen molar-refractivity contribution in [1.82, 2.24) is 4.90 Å². The largest absolute Gasteiger partial charge is 0.504 e. The van der Waals surface area contributed by atoms with Gasteiger partial charge in [-0.3, -0.25) is 9.69 Å². The van der Waals surface area contributed by atoms with Gasteiger partial charge in [0.2, 0.25) is 0 Å². The van der Waals surface area contributed by atoms with Gasteiger partial charge in [0.05, 0.1) is 6.61 Å². The molecule has 0 aliphatic heterocycles. The first-order valence-electron chi connectivity index (χ1n) is 9.04. The molecule has 0 aliphatic carbocycles. The van der Waals surface area contributed by atoms with E-state index >= 15 is 0 Å². The molecule has 3 N–H and O–H groups in total. The second-order valence-corrected chi connectivity index (χ2v) is 6.46. The van der Waals surface area contributed by atoms with E-state index in [4.69, 9.17) is 4.74 Å². The molecule has 0 radical (unpaired) electrons. The third kappa shape index (κ3) is 5.70. The lowest BCUT2D eigenvalue weighted by atomic mass is 10.00. The summed E-state index contributed by atoms with van der Waals surface area (Å²) in [6, 6.07) is 13.1. The van der Waals surface area contributed by atoms with E-state index in [1.807, 2.05) is 18.2 Å². The van der Waals surface area contributed by atoms with Gasteiger partial charge in [-0.2, -0.15) is 0 Å². The SMILES string of the molecule is CCOC(=O)[C@H](C(O)c1ccc(O)c(O)c1)N(C)CCCc1ccccc1. The van der Waals surface area contributed by atoms with Crippen molar-refractivity contribution >= 4 is 5.97 Å². The number of phenolic OH excluding ortho intramolecular Hbond substituents is 2. The monoisotopic (exact) mass is 373 g/mol. The third-order valence-corrected chi connectivity index (χ3v) is 4.46. The Hall–Kier alpha value is -2.57. The zero-order chi connectivity index (χ0) is 19.8. The first-order chi connectivity index (χ1) is 12.9. The van der Waals surface area contributed by atoms with Crippen molar-refractivity contribution in [1.29, 1.82) is 0 Å². The van der Waals surface area contributed by atoms with Crippen molar-refractivity contribution in [3.8, 4) is 11.5 Å². The zero-order valence-corrected chi connectivity index (χ0v) is 15.7. The first-order valence-corrected chi connectivity index (χ1v) is 9.04. The van der Waals surface area contributed by atoms with Crippen molar-refractivity contribution in [2.75, 3.05) is 20.2 Å². The van der Waals surface area contributed by atoms with E-state index in [9.17, 15) is 20.1 Å². The zero-order valence-electron chi connectivity index (χ0n) is 15.7. The predicted molar refractivity (Wildman–Crippen MR) is 103 cm³/mol. The summed E-state index contributed by atoms with van der Waals surface area (Å²) in [6.07, 6.45) is 0.470. The summed E-state index contributed by atoms with van der Waals surface area (Å²) < 4.78 is 5.13. The Morgan fingerprint density at radius 2 is 1.81 bits per heavy atom. The molecular formula is C21H27NO5. The van der Waals surface area contributed by atoms with Gasteiger partial charge in [0, 0.05) is 0 Å². The van der Waals surface area contributed by atoms with Crippen molar-refractivity contribution in [2.24, 2.45) is 0 Å². The van der Waals surface area contributed by atoms with Gasteiger partial charge in [0.25, 0.3) is 0 Å². The molecule has 2 aromatic carbocycles. The van der Waals surface area contributed by atoms with Crippen LogP contribution in [0.4, 0.5) is 0 Å². The Labute approximate surface area is 159 Å². The number of ether oxygens (including phenoxy) is 1. The number of esters is 1. The molecule has 0 aliphatic rings. The van der Waals surface area contributed by atoms with E-state index < -0.39 is 18.1 Å². The van der Waals surface area contributed by atoms with Gasteiger partial charge in [-0.1, -0.05) is 36.4 Å². The summed E-state index contributed by atoms with van der Waals surface area (Å²) in [5, 5.41) is 29.9. The molecule has 0 spiro atoms. The summed E-state index contributed by atoms with van der Waals surface area (Å²) in [4.78, 5) is 14.2. The molecule has 2 aromatic rings. The molecule has 2 atom stereocenters. The number of phenols is 2. The van der Waals surface area contributed by atoms with Crippen LogP contribution in [0, 0.1) is 0 Å². The van der Waals surface area contributed by atoms with Gasteiger partial charge in [-0.25, -0.2) is 0 Å². The normalized spacial score (nSPS) is 13.3. The fourth-order valence-electron chi connectivity index (χ4n) is 3.00. The van der Waals surface area contributed by atoms with Crippen LogP contribution in [-0.2, 0) is 16.0 Å².